The number of rotatable bonds is 7. The Labute approximate surface area is 233 Å². The number of benzene rings is 4. The third-order valence-electron chi connectivity index (χ3n) is 5.68. The zero-order valence-electron chi connectivity index (χ0n) is 21.5. The van der Waals surface area contributed by atoms with Crippen molar-refractivity contribution in [1.29, 1.82) is 0 Å². The molecule has 0 saturated carbocycles. The molecule has 0 fully saturated rings. The first-order valence-corrected chi connectivity index (χ1v) is 13.6. The van der Waals surface area contributed by atoms with Crippen LogP contribution in [0.1, 0.15) is 17.0 Å². The number of aromatic amines is 1. The van der Waals surface area contributed by atoms with E-state index in [1.165, 1.54) is 0 Å². The number of anilines is 1. The number of alkyl halides is 3. The SMILES string of the molecule is Cc1ccccc1S(=O)(=O)Nc1ccc2nc(Cc3ccc(Oc4ccccc4)cc3)[nH]c2c1.O=C(O)C(F)(F)F. The second-order valence-corrected chi connectivity index (χ2v) is 10.5. The Hall–Kier alpha value is -4.84. The van der Waals surface area contributed by atoms with Crippen LogP contribution in [0.4, 0.5) is 18.9 Å². The average Bonchev–Trinajstić information content (AvgIpc) is 3.31. The molecule has 0 radical (unpaired) electrons. The molecule has 1 aromatic heterocycles. The van der Waals surface area contributed by atoms with Crippen molar-refractivity contribution in [2.75, 3.05) is 4.72 Å². The first kappa shape index (κ1) is 29.2. The second kappa shape index (κ2) is 12.1. The Morgan fingerprint density at radius 3 is 2.17 bits per heavy atom. The van der Waals surface area contributed by atoms with Gasteiger partial charge in [0.15, 0.2) is 0 Å². The van der Waals surface area contributed by atoms with Gasteiger partial charge in [-0.2, -0.15) is 13.2 Å². The number of sulfonamides is 1. The fourth-order valence-electron chi connectivity index (χ4n) is 3.77. The van der Waals surface area contributed by atoms with E-state index in [1.807, 2.05) is 66.7 Å². The number of H-pyrrole nitrogens is 1. The predicted molar refractivity (Wildman–Crippen MR) is 148 cm³/mol. The molecule has 4 aromatic carbocycles. The number of ether oxygens (including phenoxy) is 1. The van der Waals surface area contributed by atoms with Crippen molar-refractivity contribution in [3.8, 4) is 11.5 Å². The molecule has 0 aliphatic rings. The van der Waals surface area contributed by atoms with Gasteiger partial charge in [-0.05, 0) is 66.6 Å². The van der Waals surface area contributed by atoms with Crippen LogP contribution in [0.15, 0.2) is 102 Å². The summed E-state index contributed by atoms with van der Waals surface area (Å²) in [6.07, 6.45) is -4.47. The monoisotopic (exact) mass is 583 g/mol. The first-order chi connectivity index (χ1) is 19.4. The maximum Gasteiger partial charge on any atom is 0.490 e. The van der Waals surface area contributed by atoms with Crippen molar-refractivity contribution in [3.05, 3.63) is 114 Å². The van der Waals surface area contributed by atoms with Gasteiger partial charge in [0.05, 0.1) is 21.6 Å². The smallest absolute Gasteiger partial charge is 0.475 e. The minimum Gasteiger partial charge on any atom is -0.475 e. The van der Waals surface area contributed by atoms with Gasteiger partial charge < -0.3 is 14.8 Å². The van der Waals surface area contributed by atoms with Crippen LogP contribution in [0.2, 0.25) is 0 Å². The van der Waals surface area contributed by atoms with Crippen LogP contribution in [0.3, 0.4) is 0 Å². The highest BCUT2D eigenvalue weighted by Crippen LogP contribution is 2.24. The topological polar surface area (TPSA) is 121 Å². The predicted octanol–water partition coefficient (Wildman–Crippen LogP) is 6.69. The molecule has 0 atom stereocenters. The molecule has 12 heteroatoms. The number of aromatic nitrogens is 2. The summed E-state index contributed by atoms with van der Waals surface area (Å²) in [5.74, 6) is -0.398. The van der Waals surface area contributed by atoms with Crippen molar-refractivity contribution in [1.82, 2.24) is 9.97 Å². The largest absolute Gasteiger partial charge is 0.490 e. The number of fused-ring (bicyclic) bond motifs is 1. The van der Waals surface area contributed by atoms with E-state index in [2.05, 4.69) is 14.7 Å². The van der Waals surface area contributed by atoms with Crippen LogP contribution >= 0.6 is 0 Å². The van der Waals surface area contributed by atoms with Crippen LogP contribution in [0, 0.1) is 6.92 Å². The fourth-order valence-corrected chi connectivity index (χ4v) is 5.07. The summed E-state index contributed by atoms with van der Waals surface area (Å²) in [4.78, 5) is 17.1. The number of aryl methyl sites for hydroxylation is 1. The molecule has 0 saturated heterocycles. The number of hydrogen-bond donors (Lipinski definition) is 3. The molecule has 41 heavy (non-hydrogen) atoms. The molecule has 0 unspecified atom stereocenters. The van der Waals surface area contributed by atoms with Crippen LogP contribution in [-0.4, -0.2) is 35.6 Å². The highest BCUT2D eigenvalue weighted by Gasteiger charge is 2.38. The molecule has 0 aliphatic heterocycles. The van der Waals surface area contributed by atoms with Gasteiger partial charge in [0.25, 0.3) is 10.0 Å². The number of carbonyl (C=O) groups is 1. The number of halogens is 3. The molecule has 0 amide bonds. The average molecular weight is 584 g/mol. The second-order valence-electron chi connectivity index (χ2n) is 8.83. The number of carboxylic acids is 1. The number of imidazole rings is 1. The van der Waals surface area contributed by atoms with E-state index in [4.69, 9.17) is 14.6 Å². The summed E-state index contributed by atoms with van der Waals surface area (Å²) in [6, 6.07) is 29.7. The zero-order valence-corrected chi connectivity index (χ0v) is 22.3. The number of aliphatic carboxylic acids is 1. The van der Waals surface area contributed by atoms with Gasteiger partial charge in [0.1, 0.15) is 17.3 Å². The summed E-state index contributed by atoms with van der Waals surface area (Å²) in [6.45, 7) is 1.78. The Balaban J connectivity index is 0.000000493. The third-order valence-corrected chi connectivity index (χ3v) is 7.22. The lowest BCUT2D eigenvalue weighted by atomic mass is 10.1. The molecule has 5 rings (SSSR count). The highest BCUT2D eigenvalue weighted by atomic mass is 32.2. The summed E-state index contributed by atoms with van der Waals surface area (Å²) in [7, 11) is -3.68. The molecule has 0 spiro atoms. The molecule has 1 heterocycles. The number of hydrogen-bond acceptors (Lipinski definition) is 5. The van der Waals surface area contributed by atoms with E-state index in [1.54, 1.807) is 37.3 Å². The van der Waals surface area contributed by atoms with E-state index < -0.39 is 22.2 Å². The van der Waals surface area contributed by atoms with Crippen LogP contribution in [-0.2, 0) is 21.2 Å². The molecule has 3 N–H and O–H groups in total. The molecule has 5 aromatic rings. The van der Waals surface area contributed by atoms with Gasteiger partial charge in [-0.3, -0.25) is 4.72 Å². The van der Waals surface area contributed by atoms with E-state index in [9.17, 15) is 21.6 Å². The number of para-hydroxylation sites is 1. The minimum atomic E-state index is -5.08. The molecular formula is C29H24F3N3O5S. The number of nitrogens with one attached hydrogen (secondary N) is 2. The van der Waals surface area contributed by atoms with Crippen molar-refractivity contribution in [2.45, 2.75) is 24.4 Å². The summed E-state index contributed by atoms with van der Waals surface area (Å²) in [5.41, 5.74) is 3.80. The standard InChI is InChI=1S/C27H23N3O3S.C2HF3O2/c1-19-7-5-6-10-26(19)34(31,32)30-21-13-16-24-25(18-21)29-27(28-24)17-20-11-14-23(15-12-20)33-22-8-3-2-4-9-22;3-2(4,5)1(6)7/h2-16,18,30H,17H2,1H3,(H,28,29);(H,6,7). The van der Waals surface area contributed by atoms with Crippen molar-refractivity contribution in [3.63, 3.8) is 0 Å². The summed E-state index contributed by atoms with van der Waals surface area (Å²) < 4.78 is 65.8. The van der Waals surface area contributed by atoms with Crippen molar-refractivity contribution >= 4 is 32.7 Å². The van der Waals surface area contributed by atoms with E-state index >= 15 is 0 Å². The van der Waals surface area contributed by atoms with Crippen LogP contribution in [0.25, 0.3) is 11.0 Å². The molecule has 0 aliphatic carbocycles. The first-order valence-electron chi connectivity index (χ1n) is 12.1. The van der Waals surface area contributed by atoms with Gasteiger partial charge in [0.2, 0.25) is 0 Å². The van der Waals surface area contributed by atoms with E-state index in [0.29, 0.717) is 17.7 Å². The lowest BCUT2D eigenvalue weighted by Gasteiger charge is -2.10. The molecular weight excluding hydrogens is 559 g/mol. The van der Waals surface area contributed by atoms with Gasteiger partial charge in [-0.25, -0.2) is 18.2 Å². The van der Waals surface area contributed by atoms with Crippen molar-refractivity contribution in [2.24, 2.45) is 0 Å². The Bertz CT molecular complexity index is 1750. The third kappa shape index (κ3) is 7.85. The molecule has 8 nitrogen and oxygen atoms in total. The highest BCUT2D eigenvalue weighted by molar-refractivity contribution is 7.92. The van der Waals surface area contributed by atoms with E-state index in [0.717, 1.165) is 33.9 Å². The lowest BCUT2D eigenvalue weighted by Crippen LogP contribution is -2.21. The lowest BCUT2D eigenvalue weighted by molar-refractivity contribution is -0.192. The van der Waals surface area contributed by atoms with Crippen LogP contribution in [0.5, 0.6) is 11.5 Å². The molecule has 212 valence electrons. The quantitative estimate of drug-likeness (QED) is 0.196. The Morgan fingerprint density at radius 1 is 0.927 bits per heavy atom. The fraction of sp³-hybridized carbons (Fsp3) is 0.103. The van der Waals surface area contributed by atoms with Gasteiger partial charge >= 0.3 is 12.1 Å². The number of nitrogens with zero attached hydrogens (tertiary/aromatic N) is 1. The van der Waals surface area contributed by atoms with E-state index in [-0.39, 0.29) is 4.90 Å². The Morgan fingerprint density at radius 2 is 1.54 bits per heavy atom. The zero-order chi connectivity index (χ0) is 29.6. The van der Waals surface area contributed by atoms with Gasteiger partial charge in [-0.15, -0.1) is 0 Å². The Kier molecular flexibility index (Phi) is 8.62. The number of carboxylic acid groups (broad SMARTS) is 1. The van der Waals surface area contributed by atoms with Gasteiger partial charge in [-0.1, -0.05) is 48.5 Å². The maximum atomic E-state index is 12.8. The molecule has 0 bridgehead atoms. The maximum absolute atomic E-state index is 12.8. The summed E-state index contributed by atoms with van der Waals surface area (Å²) in [5, 5.41) is 7.12. The van der Waals surface area contributed by atoms with Gasteiger partial charge in [0, 0.05) is 6.42 Å². The minimum absolute atomic E-state index is 0.264. The van der Waals surface area contributed by atoms with Crippen molar-refractivity contribution < 1.29 is 36.2 Å². The normalized spacial score (nSPS) is 11.4. The summed E-state index contributed by atoms with van der Waals surface area (Å²) >= 11 is 0. The van der Waals surface area contributed by atoms with Crippen LogP contribution < -0.4 is 9.46 Å².